The van der Waals surface area contributed by atoms with E-state index in [4.69, 9.17) is 9.52 Å². The van der Waals surface area contributed by atoms with Gasteiger partial charge in [-0.05, 0) is 30.9 Å². The van der Waals surface area contributed by atoms with E-state index in [1.165, 1.54) is 5.39 Å². The molecular formula is C20H28IN5O. The summed E-state index contributed by atoms with van der Waals surface area (Å²) in [6.45, 7) is 8.29. The summed E-state index contributed by atoms with van der Waals surface area (Å²) in [5.74, 6) is 1.72. The Morgan fingerprint density at radius 2 is 1.96 bits per heavy atom. The molecule has 0 spiro atoms. The maximum Gasteiger partial charge on any atom is 0.191 e. The van der Waals surface area contributed by atoms with E-state index >= 15 is 0 Å². The van der Waals surface area contributed by atoms with Crippen LogP contribution in [0.25, 0.3) is 10.9 Å². The summed E-state index contributed by atoms with van der Waals surface area (Å²) in [4.78, 5) is 8.15. The van der Waals surface area contributed by atoms with Gasteiger partial charge < -0.3 is 20.1 Å². The summed E-state index contributed by atoms with van der Waals surface area (Å²) in [5.41, 5.74) is 4.39. The fraction of sp³-hybridized carbons (Fsp3) is 0.400. The number of hydrogen-bond acceptors (Lipinski definition) is 3. The van der Waals surface area contributed by atoms with Crippen LogP contribution in [0.1, 0.15) is 43.5 Å². The zero-order valence-corrected chi connectivity index (χ0v) is 18.5. The van der Waals surface area contributed by atoms with E-state index in [1.807, 2.05) is 6.07 Å². The van der Waals surface area contributed by atoms with Crippen molar-refractivity contribution < 1.29 is 4.52 Å². The normalized spacial score (nSPS) is 11.4. The summed E-state index contributed by atoms with van der Waals surface area (Å²) < 4.78 is 5.43. The largest absolute Gasteiger partial charge is 0.361 e. The van der Waals surface area contributed by atoms with E-state index in [0.29, 0.717) is 13.1 Å². The molecule has 0 aliphatic heterocycles. The lowest BCUT2D eigenvalue weighted by Gasteiger charge is -2.10. The second kappa shape index (κ2) is 10.3. The van der Waals surface area contributed by atoms with E-state index in [2.05, 4.69) is 65.8 Å². The molecule has 0 fully saturated rings. The Balaban J connectivity index is 0.00000261. The smallest absolute Gasteiger partial charge is 0.191 e. The van der Waals surface area contributed by atoms with E-state index < -0.39 is 0 Å². The number of fused-ring (bicyclic) bond motifs is 1. The Labute approximate surface area is 177 Å². The highest BCUT2D eigenvalue weighted by Crippen LogP contribution is 2.17. The lowest BCUT2D eigenvalue weighted by Crippen LogP contribution is -2.36. The van der Waals surface area contributed by atoms with Crippen LogP contribution in [0.3, 0.4) is 0 Å². The molecule has 3 rings (SSSR count). The summed E-state index contributed by atoms with van der Waals surface area (Å²) >= 11 is 0. The predicted molar refractivity (Wildman–Crippen MR) is 121 cm³/mol. The first kappa shape index (κ1) is 21.3. The van der Waals surface area contributed by atoms with Crippen LogP contribution in [0.15, 0.2) is 39.8 Å². The molecule has 6 nitrogen and oxygen atoms in total. The third-order valence-corrected chi connectivity index (χ3v) is 4.38. The van der Waals surface area contributed by atoms with Crippen molar-refractivity contribution >= 4 is 40.8 Å². The molecule has 0 saturated heterocycles. The van der Waals surface area contributed by atoms with Crippen LogP contribution in [0, 0.1) is 0 Å². The number of aliphatic imine (C=N–C) groups is 1. The van der Waals surface area contributed by atoms with Gasteiger partial charge in [0.15, 0.2) is 5.96 Å². The van der Waals surface area contributed by atoms with Gasteiger partial charge in [-0.1, -0.05) is 37.2 Å². The average Bonchev–Trinajstić information content (AvgIpc) is 3.26. The number of H-pyrrole nitrogens is 1. The molecule has 2 aromatic heterocycles. The maximum absolute atomic E-state index is 5.43. The highest BCUT2D eigenvalue weighted by atomic mass is 127. The van der Waals surface area contributed by atoms with Crippen LogP contribution in [0.4, 0.5) is 0 Å². The molecule has 2 heterocycles. The van der Waals surface area contributed by atoms with E-state index in [9.17, 15) is 0 Å². The van der Waals surface area contributed by atoms with Gasteiger partial charge in [-0.15, -0.1) is 24.0 Å². The number of aromatic nitrogens is 2. The molecule has 0 aliphatic carbocycles. The minimum Gasteiger partial charge on any atom is -0.361 e. The monoisotopic (exact) mass is 481 g/mol. The first-order chi connectivity index (χ1) is 12.7. The van der Waals surface area contributed by atoms with Crippen molar-refractivity contribution in [3.05, 3.63) is 53.0 Å². The number of rotatable bonds is 7. The van der Waals surface area contributed by atoms with Crippen LogP contribution in [0.5, 0.6) is 0 Å². The Morgan fingerprint density at radius 3 is 2.67 bits per heavy atom. The zero-order valence-electron chi connectivity index (χ0n) is 16.1. The summed E-state index contributed by atoms with van der Waals surface area (Å²) in [6, 6.07) is 10.4. The number of nitrogens with zero attached hydrogens (tertiary/aromatic N) is 2. The number of aromatic amines is 1. The van der Waals surface area contributed by atoms with Crippen molar-refractivity contribution in [2.45, 2.75) is 46.7 Å². The third kappa shape index (κ3) is 5.24. The fourth-order valence-electron chi connectivity index (χ4n) is 3.02. The fourth-order valence-corrected chi connectivity index (χ4v) is 3.02. The van der Waals surface area contributed by atoms with Gasteiger partial charge in [0.2, 0.25) is 0 Å². The lowest BCUT2D eigenvalue weighted by atomic mass is 10.1. The van der Waals surface area contributed by atoms with Gasteiger partial charge >= 0.3 is 0 Å². The van der Waals surface area contributed by atoms with Crippen LogP contribution < -0.4 is 10.6 Å². The average molecular weight is 481 g/mol. The van der Waals surface area contributed by atoms with E-state index in [-0.39, 0.29) is 24.0 Å². The molecule has 27 heavy (non-hydrogen) atoms. The van der Waals surface area contributed by atoms with Crippen LogP contribution >= 0.6 is 24.0 Å². The molecular weight excluding hydrogens is 453 g/mol. The quantitative estimate of drug-likeness (QED) is 0.269. The third-order valence-electron chi connectivity index (χ3n) is 4.38. The molecule has 0 radical (unpaired) electrons. The van der Waals surface area contributed by atoms with Crippen molar-refractivity contribution in [1.29, 1.82) is 0 Å². The van der Waals surface area contributed by atoms with Gasteiger partial charge in [-0.25, -0.2) is 4.99 Å². The molecule has 3 aromatic rings. The number of halogens is 1. The van der Waals surface area contributed by atoms with Gasteiger partial charge in [0.25, 0.3) is 0 Å². The minimum absolute atomic E-state index is 0. The number of aryl methyl sites for hydroxylation is 2. The van der Waals surface area contributed by atoms with Gasteiger partial charge in [0.1, 0.15) is 5.76 Å². The van der Waals surface area contributed by atoms with Crippen LogP contribution in [-0.2, 0) is 25.9 Å². The number of para-hydroxylation sites is 1. The van der Waals surface area contributed by atoms with Crippen LogP contribution in [-0.4, -0.2) is 22.6 Å². The van der Waals surface area contributed by atoms with Crippen molar-refractivity contribution in [2.24, 2.45) is 4.99 Å². The molecule has 0 unspecified atom stereocenters. The number of hydrogen-bond donors (Lipinski definition) is 3. The Hall–Kier alpha value is -2.03. The van der Waals surface area contributed by atoms with E-state index in [0.717, 1.165) is 53.6 Å². The molecule has 0 bridgehead atoms. The highest BCUT2D eigenvalue weighted by Gasteiger charge is 2.13. The summed E-state index contributed by atoms with van der Waals surface area (Å²) in [7, 11) is 0. The second-order valence-electron chi connectivity index (χ2n) is 6.17. The zero-order chi connectivity index (χ0) is 18.4. The molecule has 0 atom stereocenters. The molecule has 1 aromatic carbocycles. The summed E-state index contributed by atoms with van der Waals surface area (Å²) in [6.07, 6.45) is 1.68. The number of benzene rings is 1. The first-order valence-corrected chi connectivity index (χ1v) is 9.30. The van der Waals surface area contributed by atoms with Gasteiger partial charge in [0, 0.05) is 29.7 Å². The molecule has 146 valence electrons. The van der Waals surface area contributed by atoms with Gasteiger partial charge in [0.05, 0.1) is 18.8 Å². The Kier molecular flexibility index (Phi) is 8.15. The minimum atomic E-state index is 0. The molecule has 0 amide bonds. The molecule has 0 saturated carbocycles. The molecule has 7 heteroatoms. The standard InChI is InChI=1S/C20H27N5O.HI/c1-4-17-16(19(5-2)26-25-17)13-23-20(21-6-3)22-12-15-11-14-9-7-8-10-18(14)24-15;/h7-11,24H,4-6,12-13H2,1-3H3,(H2,21,22,23);1H. The Bertz CT molecular complexity index is 829. The van der Waals surface area contributed by atoms with Crippen molar-refractivity contribution in [3.8, 4) is 0 Å². The van der Waals surface area contributed by atoms with E-state index in [1.54, 1.807) is 0 Å². The molecule has 0 aliphatic rings. The summed E-state index contributed by atoms with van der Waals surface area (Å²) in [5, 5.41) is 12.1. The lowest BCUT2D eigenvalue weighted by molar-refractivity contribution is 0.380. The Morgan fingerprint density at radius 1 is 1.15 bits per heavy atom. The van der Waals surface area contributed by atoms with Crippen molar-refractivity contribution in [3.63, 3.8) is 0 Å². The second-order valence-corrected chi connectivity index (χ2v) is 6.17. The molecule has 3 N–H and O–H groups in total. The van der Waals surface area contributed by atoms with Crippen LogP contribution in [0.2, 0.25) is 0 Å². The number of nitrogens with one attached hydrogen (secondary N) is 3. The number of guanidine groups is 1. The van der Waals surface area contributed by atoms with Gasteiger partial charge in [-0.2, -0.15) is 0 Å². The maximum atomic E-state index is 5.43. The predicted octanol–water partition coefficient (Wildman–Crippen LogP) is 4.15. The topological polar surface area (TPSA) is 78.2 Å². The highest BCUT2D eigenvalue weighted by molar-refractivity contribution is 14.0. The van der Waals surface area contributed by atoms with Gasteiger partial charge in [-0.3, -0.25) is 0 Å². The van der Waals surface area contributed by atoms with Crippen molar-refractivity contribution in [2.75, 3.05) is 6.54 Å². The SMILES string of the molecule is CCNC(=NCc1c(CC)noc1CC)NCc1cc2ccccc2[nH]1.I. The van der Waals surface area contributed by atoms with Crippen molar-refractivity contribution in [1.82, 2.24) is 20.8 Å². The first-order valence-electron chi connectivity index (χ1n) is 9.30.